The maximum Gasteiger partial charge on any atom is 0.319 e. The monoisotopic (exact) mass is 649 g/mol. The zero-order chi connectivity index (χ0) is 32.3. The SMILES string of the molecule is Cc1cc2[nH]ncc2c2c1CCCCC(=O)O[C@]1(CF)CCCN(C1)c1nc(OC[C@@]34CCCN3C[C@H](F)C4)nc3c(F)c-2ncc13. The number of H-pyrrole nitrogens is 1. The molecule has 3 saturated heterocycles. The van der Waals surface area contributed by atoms with Crippen molar-refractivity contribution in [3.63, 3.8) is 0 Å². The van der Waals surface area contributed by atoms with E-state index in [-0.39, 0.29) is 36.8 Å². The Morgan fingerprint density at radius 3 is 2.83 bits per heavy atom. The number of aryl methyl sites for hydroxylation is 1. The quantitative estimate of drug-likeness (QED) is 0.285. The molecule has 0 amide bonds. The molecule has 5 aliphatic heterocycles. The van der Waals surface area contributed by atoms with Gasteiger partial charge in [0.15, 0.2) is 11.4 Å². The molecule has 10 nitrogen and oxygen atoms in total. The van der Waals surface area contributed by atoms with Crippen LogP contribution >= 0.6 is 0 Å². The number of hydrogen-bond acceptors (Lipinski definition) is 9. The van der Waals surface area contributed by atoms with Gasteiger partial charge in [0.2, 0.25) is 0 Å². The van der Waals surface area contributed by atoms with Crippen LogP contribution in [0.1, 0.15) is 62.5 Å². The third-order valence-corrected chi connectivity index (χ3v) is 10.7. The highest BCUT2D eigenvalue weighted by Gasteiger charge is 2.49. The van der Waals surface area contributed by atoms with Crippen molar-refractivity contribution in [3.8, 4) is 17.3 Å². The van der Waals surface area contributed by atoms with E-state index in [1.54, 1.807) is 12.4 Å². The first-order valence-corrected chi connectivity index (χ1v) is 16.6. The average molecular weight is 650 g/mol. The second-order valence-electron chi connectivity index (χ2n) is 13.8. The Morgan fingerprint density at radius 2 is 1.96 bits per heavy atom. The van der Waals surface area contributed by atoms with Crippen molar-refractivity contribution in [3.05, 3.63) is 35.4 Å². The third-order valence-electron chi connectivity index (χ3n) is 10.7. The third kappa shape index (κ3) is 5.17. The van der Waals surface area contributed by atoms with Gasteiger partial charge in [0.05, 0.1) is 29.2 Å². The number of hydrogen-bond donors (Lipinski definition) is 1. The Balaban J connectivity index is 1.30. The van der Waals surface area contributed by atoms with E-state index in [0.29, 0.717) is 68.4 Å². The zero-order valence-corrected chi connectivity index (χ0v) is 26.5. The molecule has 0 aliphatic carbocycles. The van der Waals surface area contributed by atoms with Gasteiger partial charge in [-0.2, -0.15) is 15.1 Å². The van der Waals surface area contributed by atoms with E-state index < -0.39 is 35.8 Å². The van der Waals surface area contributed by atoms with Crippen LogP contribution in [0.2, 0.25) is 0 Å². The van der Waals surface area contributed by atoms with E-state index in [2.05, 4.69) is 20.1 Å². The molecule has 3 aromatic heterocycles. The van der Waals surface area contributed by atoms with E-state index in [1.165, 1.54) is 0 Å². The van der Waals surface area contributed by atoms with Crippen LogP contribution in [0, 0.1) is 12.7 Å². The molecule has 9 rings (SSSR count). The molecule has 0 radical (unpaired) electrons. The van der Waals surface area contributed by atoms with Crippen LogP contribution in [-0.4, -0.2) is 92.8 Å². The number of aromatic nitrogens is 5. The number of anilines is 1. The average Bonchev–Trinajstić information content (AvgIpc) is 3.76. The fourth-order valence-corrected chi connectivity index (χ4v) is 8.37. The highest BCUT2D eigenvalue weighted by atomic mass is 19.1. The molecule has 1 N–H and O–H groups in total. The summed E-state index contributed by atoms with van der Waals surface area (Å²) in [5.74, 6) is -0.727. The summed E-state index contributed by atoms with van der Waals surface area (Å²) in [5, 5.41) is 8.31. The minimum atomic E-state index is -1.35. The van der Waals surface area contributed by atoms with Crippen molar-refractivity contribution in [2.24, 2.45) is 0 Å². The molecule has 248 valence electrons. The predicted octanol–water partition coefficient (Wildman–Crippen LogP) is 5.55. The summed E-state index contributed by atoms with van der Waals surface area (Å²) in [5.41, 5.74) is 1.57. The normalized spacial score (nSPS) is 26.7. The Morgan fingerprint density at radius 1 is 1.11 bits per heavy atom. The number of pyridine rings is 1. The Labute approximate surface area is 270 Å². The summed E-state index contributed by atoms with van der Waals surface area (Å²) in [6.07, 6.45) is 7.20. The van der Waals surface area contributed by atoms with Crippen molar-refractivity contribution in [1.29, 1.82) is 0 Å². The van der Waals surface area contributed by atoms with Crippen LogP contribution in [-0.2, 0) is 16.0 Å². The van der Waals surface area contributed by atoms with Crippen LogP contribution in [0.15, 0.2) is 18.5 Å². The van der Waals surface area contributed by atoms with Crippen LogP contribution in [0.3, 0.4) is 0 Å². The van der Waals surface area contributed by atoms with Gasteiger partial charge in [-0.25, -0.2) is 13.2 Å². The number of benzene rings is 1. The lowest BCUT2D eigenvalue weighted by Crippen LogP contribution is -2.52. The van der Waals surface area contributed by atoms with Gasteiger partial charge in [0.1, 0.15) is 36.5 Å². The number of rotatable bonds is 4. The van der Waals surface area contributed by atoms with Gasteiger partial charge in [-0.3, -0.25) is 19.8 Å². The minimum Gasteiger partial charge on any atom is -0.461 e. The number of halogens is 3. The zero-order valence-electron chi connectivity index (χ0n) is 26.5. The van der Waals surface area contributed by atoms with Crippen molar-refractivity contribution in [2.75, 3.05) is 44.4 Å². The van der Waals surface area contributed by atoms with Crippen molar-refractivity contribution in [2.45, 2.75) is 82.0 Å². The van der Waals surface area contributed by atoms with Gasteiger partial charge < -0.3 is 14.4 Å². The molecule has 0 spiro atoms. The van der Waals surface area contributed by atoms with Crippen molar-refractivity contribution < 1.29 is 27.4 Å². The maximum atomic E-state index is 17.1. The first-order chi connectivity index (χ1) is 22.8. The predicted molar refractivity (Wildman–Crippen MR) is 169 cm³/mol. The summed E-state index contributed by atoms with van der Waals surface area (Å²) in [6, 6.07) is 1.94. The highest BCUT2D eigenvalue weighted by Crippen LogP contribution is 2.42. The van der Waals surface area contributed by atoms with E-state index in [4.69, 9.17) is 19.4 Å². The van der Waals surface area contributed by atoms with Gasteiger partial charge in [0, 0.05) is 43.1 Å². The number of nitrogens with one attached hydrogen (secondary N) is 1. The van der Waals surface area contributed by atoms with Gasteiger partial charge >= 0.3 is 12.0 Å². The number of fused-ring (bicyclic) bond motifs is 8. The van der Waals surface area contributed by atoms with Gasteiger partial charge in [0.25, 0.3) is 0 Å². The molecule has 4 aromatic rings. The highest BCUT2D eigenvalue weighted by molar-refractivity contribution is 5.99. The maximum absolute atomic E-state index is 17.1. The lowest BCUT2D eigenvalue weighted by molar-refractivity contribution is -0.163. The van der Waals surface area contributed by atoms with Gasteiger partial charge in [-0.05, 0) is 75.6 Å². The number of aromatic amines is 1. The summed E-state index contributed by atoms with van der Waals surface area (Å²) in [4.78, 5) is 31.1. The first kappa shape index (κ1) is 30.3. The number of alkyl halides is 2. The Bertz CT molecular complexity index is 1870. The number of nitrogens with zero attached hydrogens (tertiary/aromatic N) is 6. The number of piperidine rings is 1. The number of carbonyl (C=O) groups excluding carboxylic acids is 1. The number of ether oxygens (including phenoxy) is 2. The lowest BCUT2D eigenvalue weighted by Gasteiger charge is -2.41. The van der Waals surface area contributed by atoms with Crippen LogP contribution in [0.5, 0.6) is 6.01 Å². The summed E-state index contributed by atoms with van der Waals surface area (Å²) >= 11 is 0. The number of esters is 1. The molecular weight excluding hydrogens is 611 g/mol. The molecule has 3 atom stereocenters. The second-order valence-corrected chi connectivity index (χ2v) is 13.8. The molecule has 47 heavy (non-hydrogen) atoms. The molecular formula is C34H38F3N7O3. The Kier molecular flexibility index (Phi) is 7.49. The lowest BCUT2D eigenvalue weighted by atomic mass is 9.91. The van der Waals surface area contributed by atoms with Crippen LogP contribution in [0.4, 0.5) is 19.0 Å². The van der Waals surface area contributed by atoms with E-state index in [0.717, 1.165) is 41.4 Å². The van der Waals surface area contributed by atoms with Crippen molar-refractivity contribution >= 4 is 33.6 Å². The topological polar surface area (TPSA) is 109 Å². The van der Waals surface area contributed by atoms with Crippen LogP contribution < -0.4 is 9.64 Å². The van der Waals surface area contributed by atoms with Gasteiger partial charge in [-0.15, -0.1) is 0 Å². The van der Waals surface area contributed by atoms with E-state index in [9.17, 15) is 13.6 Å². The summed E-state index contributed by atoms with van der Waals surface area (Å²) < 4.78 is 58.5. The molecule has 0 unspecified atom stereocenters. The standard InChI is InChI=1S/C34H38F3N7O3/c1-20-12-25-23(15-39-42-25)27-22(20)6-2-3-7-26(45)47-34(17-35)9-5-10-43(18-34)31-24-14-38-30(27)28(37)29(24)40-32(41-31)46-19-33-8-4-11-44(33)16-21(36)13-33/h12,14-15,21H,2-11,13,16-19H2,1H3,(H,39,42)/t21-,33+,34+/m1/s1. The van der Waals surface area contributed by atoms with Crippen LogP contribution in [0.25, 0.3) is 33.1 Å². The minimum absolute atomic E-state index is 0.0233. The molecule has 6 bridgehead atoms. The van der Waals surface area contributed by atoms with Crippen molar-refractivity contribution in [1.82, 2.24) is 30.0 Å². The smallest absolute Gasteiger partial charge is 0.319 e. The number of carbonyl (C=O) groups is 1. The molecule has 13 heteroatoms. The largest absolute Gasteiger partial charge is 0.461 e. The molecule has 8 heterocycles. The van der Waals surface area contributed by atoms with Gasteiger partial charge in [-0.1, -0.05) is 0 Å². The molecule has 3 fully saturated rings. The summed E-state index contributed by atoms with van der Waals surface area (Å²) in [6.45, 7) is 2.98. The fraction of sp³-hybridized carbons (Fsp3) is 0.559. The van der Waals surface area contributed by atoms with E-state index in [1.807, 2.05) is 17.9 Å². The molecule has 0 saturated carbocycles. The van der Waals surface area contributed by atoms with E-state index >= 15 is 4.39 Å². The molecule has 5 aliphatic rings. The molecule has 1 aromatic carbocycles. The second kappa shape index (κ2) is 11.6. The fourth-order valence-electron chi connectivity index (χ4n) is 8.37. The Hall–Kier alpha value is -4.00. The summed E-state index contributed by atoms with van der Waals surface area (Å²) in [7, 11) is 0. The first-order valence-electron chi connectivity index (χ1n) is 16.6.